The van der Waals surface area contributed by atoms with Crippen molar-refractivity contribution in [3.63, 3.8) is 0 Å². The van der Waals surface area contributed by atoms with Gasteiger partial charge >= 0.3 is 0 Å². The average Bonchev–Trinajstić information content (AvgIpc) is 2.73. The van der Waals surface area contributed by atoms with E-state index in [4.69, 9.17) is 0 Å². The van der Waals surface area contributed by atoms with E-state index in [9.17, 15) is 13.5 Å². The van der Waals surface area contributed by atoms with Gasteiger partial charge in [0.1, 0.15) is 0 Å². The standard InChI is InChI=1S/C10H13BrN2O3S/c11-7-5-9(10(14)12-6-7)17(15,16)13-8-3-1-2-4-8/h5-6,8,13H,1-4H2,(H,12,14)/p-1. The molecule has 0 aliphatic heterocycles. The Hall–Kier alpha value is -0.660. The molecule has 1 heterocycles. The molecule has 1 aliphatic rings. The van der Waals surface area contributed by atoms with Gasteiger partial charge < -0.3 is 5.11 Å². The van der Waals surface area contributed by atoms with E-state index >= 15 is 0 Å². The largest absolute Gasteiger partial charge is 0.858 e. The Labute approximate surface area is 108 Å². The molecular formula is C10H12BrN2O3S-. The maximum absolute atomic E-state index is 12.0. The van der Waals surface area contributed by atoms with Crippen LogP contribution in [0.15, 0.2) is 21.6 Å². The lowest BCUT2D eigenvalue weighted by Crippen LogP contribution is -2.33. The van der Waals surface area contributed by atoms with Crippen LogP contribution in [0.4, 0.5) is 0 Å². The van der Waals surface area contributed by atoms with Crippen molar-refractivity contribution in [1.29, 1.82) is 0 Å². The first kappa shape index (κ1) is 12.8. The third-order valence-electron chi connectivity index (χ3n) is 2.75. The molecule has 0 saturated heterocycles. The third-order valence-corrected chi connectivity index (χ3v) is 4.70. The minimum atomic E-state index is -3.75. The van der Waals surface area contributed by atoms with Crippen molar-refractivity contribution in [3.05, 3.63) is 16.7 Å². The van der Waals surface area contributed by atoms with Crippen LogP contribution in [0.3, 0.4) is 0 Å². The van der Waals surface area contributed by atoms with Gasteiger partial charge in [-0.25, -0.2) is 13.1 Å². The summed E-state index contributed by atoms with van der Waals surface area (Å²) in [5.74, 6) is -0.723. The minimum absolute atomic E-state index is 0.0571. The van der Waals surface area contributed by atoms with Crippen LogP contribution < -0.4 is 9.83 Å². The highest BCUT2D eigenvalue weighted by Crippen LogP contribution is 2.24. The molecule has 1 aliphatic carbocycles. The van der Waals surface area contributed by atoms with Crippen LogP contribution in [0.2, 0.25) is 0 Å². The number of pyridine rings is 1. The van der Waals surface area contributed by atoms with E-state index in [0.717, 1.165) is 25.7 Å². The van der Waals surface area contributed by atoms with Gasteiger partial charge in [-0.05, 0) is 34.8 Å². The van der Waals surface area contributed by atoms with E-state index in [1.54, 1.807) is 0 Å². The molecule has 1 aromatic heterocycles. The lowest BCUT2D eigenvalue weighted by Gasteiger charge is -2.16. The van der Waals surface area contributed by atoms with Crippen LogP contribution in [0.5, 0.6) is 5.88 Å². The lowest BCUT2D eigenvalue weighted by molar-refractivity contribution is -0.279. The highest BCUT2D eigenvalue weighted by atomic mass is 79.9. The molecule has 17 heavy (non-hydrogen) atoms. The Morgan fingerprint density at radius 3 is 2.71 bits per heavy atom. The predicted molar refractivity (Wildman–Crippen MR) is 64.0 cm³/mol. The average molecular weight is 320 g/mol. The first-order valence-corrected chi connectivity index (χ1v) is 7.61. The van der Waals surface area contributed by atoms with Crippen molar-refractivity contribution in [2.75, 3.05) is 0 Å². The molecule has 0 spiro atoms. The molecule has 0 atom stereocenters. The van der Waals surface area contributed by atoms with Crippen LogP contribution in [-0.4, -0.2) is 19.4 Å². The molecule has 0 bridgehead atoms. The molecular weight excluding hydrogens is 308 g/mol. The summed E-state index contributed by atoms with van der Waals surface area (Å²) in [4.78, 5) is 3.21. The number of sulfonamides is 1. The lowest BCUT2D eigenvalue weighted by atomic mass is 10.3. The van der Waals surface area contributed by atoms with Gasteiger partial charge in [0.15, 0.2) is 0 Å². The van der Waals surface area contributed by atoms with Crippen LogP contribution in [0.25, 0.3) is 0 Å². The van der Waals surface area contributed by atoms with E-state index in [0.29, 0.717) is 4.47 Å². The fraction of sp³-hybridized carbons (Fsp3) is 0.500. The number of halogens is 1. The molecule has 5 nitrogen and oxygen atoms in total. The molecule has 0 amide bonds. The topological polar surface area (TPSA) is 82.1 Å². The van der Waals surface area contributed by atoms with Gasteiger partial charge in [-0.15, -0.1) is 0 Å². The van der Waals surface area contributed by atoms with E-state index in [1.165, 1.54) is 12.3 Å². The Morgan fingerprint density at radius 1 is 1.41 bits per heavy atom. The molecule has 1 N–H and O–H groups in total. The zero-order chi connectivity index (χ0) is 12.5. The highest BCUT2D eigenvalue weighted by Gasteiger charge is 2.23. The van der Waals surface area contributed by atoms with Crippen molar-refractivity contribution in [3.8, 4) is 5.88 Å². The van der Waals surface area contributed by atoms with Gasteiger partial charge in [0, 0.05) is 22.6 Å². The maximum Gasteiger partial charge on any atom is 0.241 e. The van der Waals surface area contributed by atoms with E-state index in [1.807, 2.05) is 0 Å². The Morgan fingerprint density at radius 2 is 2.06 bits per heavy atom. The molecule has 0 aromatic carbocycles. The molecule has 7 heteroatoms. The maximum atomic E-state index is 12.0. The number of hydrogen-bond donors (Lipinski definition) is 1. The highest BCUT2D eigenvalue weighted by molar-refractivity contribution is 9.10. The molecule has 1 aromatic rings. The summed E-state index contributed by atoms with van der Waals surface area (Å²) in [6, 6.07) is 1.23. The summed E-state index contributed by atoms with van der Waals surface area (Å²) >= 11 is 3.11. The van der Waals surface area contributed by atoms with Gasteiger partial charge in [0.2, 0.25) is 10.0 Å². The second-order valence-corrected chi connectivity index (χ2v) is 6.66. The second-order valence-electron chi connectivity index (χ2n) is 4.06. The van der Waals surface area contributed by atoms with E-state index in [-0.39, 0.29) is 10.9 Å². The second kappa shape index (κ2) is 4.91. The number of nitrogens with one attached hydrogen (secondary N) is 1. The predicted octanol–water partition coefficient (Wildman–Crippen LogP) is 1.14. The number of hydrogen-bond acceptors (Lipinski definition) is 4. The monoisotopic (exact) mass is 319 g/mol. The van der Waals surface area contributed by atoms with Gasteiger partial charge in [0.05, 0.1) is 4.90 Å². The quantitative estimate of drug-likeness (QED) is 0.905. The summed E-state index contributed by atoms with van der Waals surface area (Å²) in [6.07, 6.45) is 4.99. The van der Waals surface area contributed by atoms with E-state index < -0.39 is 15.9 Å². The number of aromatic nitrogens is 1. The fourth-order valence-corrected chi connectivity index (χ4v) is 3.78. The molecule has 1 saturated carbocycles. The van der Waals surface area contributed by atoms with Crippen molar-refractivity contribution >= 4 is 26.0 Å². The van der Waals surface area contributed by atoms with Gasteiger partial charge in [0.25, 0.3) is 0 Å². The number of nitrogens with zero attached hydrogens (tertiary/aromatic N) is 1. The van der Waals surface area contributed by atoms with Crippen LogP contribution in [0, 0.1) is 0 Å². The summed E-state index contributed by atoms with van der Waals surface area (Å²) in [7, 11) is -3.75. The van der Waals surface area contributed by atoms with Gasteiger partial charge in [-0.3, -0.25) is 4.98 Å². The fourth-order valence-electron chi connectivity index (χ4n) is 1.93. The first-order valence-electron chi connectivity index (χ1n) is 5.34. The Balaban J connectivity index is 2.27. The SMILES string of the molecule is O=S(=O)(NC1CCCC1)c1cc(Br)cnc1[O-]. The van der Waals surface area contributed by atoms with Crippen LogP contribution in [-0.2, 0) is 10.0 Å². The molecule has 0 unspecified atom stereocenters. The van der Waals surface area contributed by atoms with Crippen molar-refractivity contribution in [2.45, 2.75) is 36.6 Å². The summed E-state index contributed by atoms with van der Waals surface area (Å²) in [6.45, 7) is 0. The van der Waals surface area contributed by atoms with Crippen molar-refractivity contribution in [1.82, 2.24) is 9.71 Å². The summed E-state index contributed by atoms with van der Waals surface area (Å²) in [5.41, 5.74) is 0. The zero-order valence-corrected chi connectivity index (χ0v) is 11.4. The molecule has 0 radical (unpaired) electrons. The van der Waals surface area contributed by atoms with Gasteiger partial charge in [-0.2, -0.15) is 0 Å². The summed E-state index contributed by atoms with van der Waals surface area (Å²) in [5, 5.41) is 11.4. The zero-order valence-electron chi connectivity index (χ0n) is 9.02. The first-order chi connectivity index (χ1) is 7.99. The van der Waals surface area contributed by atoms with Gasteiger partial charge in [-0.1, -0.05) is 12.8 Å². The van der Waals surface area contributed by atoms with Crippen LogP contribution >= 0.6 is 15.9 Å². The Bertz CT molecular complexity index is 512. The smallest absolute Gasteiger partial charge is 0.241 e. The number of rotatable bonds is 3. The molecule has 1 fully saturated rings. The molecule has 94 valence electrons. The Kier molecular flexibility index (Phi) is 3.70. The van der Waals surface area contributed by atoms with Crippen molar-refractivity contribution < 1.29 is 13.5 Å². The van der Waals surface area contributed by atoms with Crippen molar-refractivity contribution in [2.24, 2.45) is 0 Å². The summed E-state index contributed by atoms with van der Waals surface area (Å²) < 4.78 is 27.0. The minimum Gasteiger partial charge on any atom is -0.858 e. The normalized spacial score (nSPS) is 17.5. The third kappa shape index (κ3) is 2.97. The van der Waals surface area contributed by atoms with E-state index in [2.05, 4.69) is 25.6 Å². The molecule has 2 rings (SSSR count). The van der Waals surface area contributed by atoms with Crippen LogP contribution in [0.1, 0.15) is 25.7 Å².